The van der Waals surface area contributed by atoms with Crippen LogP contribution < -0.4 is 4.90 Å². The number of hydrogen-bond donors (Lipinski definition) is 0. The summed E-state index contributed by atoms with van der Waals surface area (Å²) in [5.41, 5.74) is 0.709. The van der Waals surface area contributed by atoms with E-state index in [4.69, 9.17) is 11.6 Å². The van der Waals surface area contributed by atoms with Crippen LogP contribution >= 0.6 is 23.4 Å². The first-order valence-corrected chi connectivity index (χ1v) is 6.63. The molecule has 0 saturated carbocycles. The number of aliphatic imine (C=N–C) groups is 3. The Morgan fingerprint density at radius 1 is 1.50 bits per heavy atom. The highest BCUT2D eigenvalue weighted by Crippen LogP contribution is 2.27. The van der Waals surface area contributed by atoms with Gasteiger partial charge < -0.3 is 0 Å². The molecule has 0 fully saturated rings. The zero-order chi connectivity index (χ0) is 13.0. The number of hydrogen-bond acceptors (Lipinski definition) is 6. The molecule has 1 aromatic rings. The van der Waals surface area contributed by atoms with E-state index in [1.807, 2.05) is 24.5 Å². The summed E-state index contributed by atoms with van der Waals surface area (Å²) in [4.78, 5) is 24.1. The monoisotopic (exact) mass is 280 g/mol. The second-order valence-corrected chi connectivity index (χ2v) is 4.46. The third-order valence-corrected chi connectivity index (χ3v) is 3.16. The van der Waals surface area contributed by atoms with Crippen LogP contribution in [0.3, 0.4) is 0 Å². The number of amidine groups is 1. The van der Waals surface area contributed by atoms with E-state index < -0.39 is 0 Å². The maximum atomic E-state index is 10.5. The smallest absolute Gasteiger partial charge is 0.245 e. The molecule has 0 spiro atoms. The Morgan fingerprint density at radius 2 is 2.28 bits per heavy atom. The highest BCUT2D eigenvalue weighted by molar-refractivity contribution is 8.13. The van der Waals surface area contributed by atoms with Gasteiger partial charge in [0.15, 0.2) is 5.17 Å². The van der Waals surface area contributed by atoms with E-state index in [0.29, 0.717) is 22.5 Å². The summed E-state index contributed by atoms with van der Waals surface area (Å²) in [6.45, 7) is 0.323. The minimum atomic E-state index is 0.248. The quantitative estimate of drug-likeness (QED) is 0.587. The number of thioether (sulfide) groups is 1. The molecule has 92 valence electrons. The lowest BCUT2D eigenvalue weighted by Crippen LogP contribution is -2.33. The Morgan fingerprint density at radius 3 is 2.94 bits per heavy atom. The topological polar surface area (TPSA) is 57.4 Å². The van der Waals surface area contributed by atoms with Crippen LogP contribution in [0.4, 0.5) is 5.69 Å². The van der Waals surface area contributed by atoms with E-state index in [9.17, 15) is 4.79 Å². The molecular formula is C11H9ClN4OS. The second-order valence-electron chi connectivity index (χ2n) is 3.28. The van der Waals surface area contributed by atoms with E-state index in [0.717, 1.165) is 0 Å². The molecule has 5 nitrogen and oxygen atoms in total. The van der Waals surface area contributed by atoms with Crippen molar-refractivity contribution in [2.75, 3.05) is 17.8 Å². The van der Waals surface area contributed by atoms with Crippen molar-refractivity contribution in [2.24, 2.45) is 15.0 Å². The van der Waals surface area contributed by atoms with Gasteiger partial charge in [0.2, 0.25) is 12.0 Å². The zero-order valence-corrected chi connectivity index (χ0v) is 11.1. The lowest BCUT2D eigenvalue weighted by molar-refractivity contribution is 0.565. The van der Waals surface area contributed by atoms with Crippen molar-refractivity contribution in [1.29, 1.82) is 0 Å². The maximum absolute atomic E-state index is 10.5. The number of rotatable bonds is 1. The van der Waals surface area contributed by atoms with E-state index in [-0.39, 0.29) is 5.96 Å². The molecule has 1 aromatic carbocycles. The fourth-order valence-electron chi connectivity index (χ4n) is 1.47. The van der Waals surface area contributed by atoms with E-state index in [1.165, 1.54) is 17.8 Å². The Bertz CT molecular complexity index is 566. The molecule has 0 aliphatic carbocycles. The van der Waals surface area contributed by atoms with Crippen molar-refractivity contribution in [2.45, 2.75) is 0 Å². The molecule has 0 N–H and O–H groups in total. The van der Waals surface area contributed by atoms with Crippen molar-refractivity contribution in [3.05, 3.63) is 29.3 Å². The van der Waals surface area contributed by atoms with Crippen molar-refractivity contribution >= 4 is 46.3 Å². The van der Waals surface area contributed by atoms with Crippen LogP contribution in [-0.4, -0.2) is 30.1 Å². The van der Waals surface area contributed by atoms with Gasteiger partial charge >= 0.3 is 0 Å². The summed E-state index contributed by atoms with van der Waals surface area (Å²) < 4.78 is 0. The van der Waals surface area contributed by atoms with Gasteiger partial charge in [-0.05, 0) is 18.4 Å². The summed E-state index contributed by atoms with van der Waals surface area (Å²) in [6, 6.07) is 7.24. The lowest BCUT2D eigenvalue weighted by Gasteiger charge is -2.24. The van der Waals surface area contributed by atoms with Gasteiger partial charge in [-0.15, -0.1) is 4.99 Å². The number of halogens is 1. The van der Waals surface area contributed by atoms with Crippen LogP contribution in [0.2, 0.25) is 5.02 Å². The molecule has 0 aromatic heterocycles. The Kier molecular flexibility index (Phi) is 4.15. The van der Waals surface area contributed by atoms with Gasteiger partial charge in [0, 0.05) is 0 Å². The van der Waals surface area contributed by atoms with Gasteiger partial charge in [0.1, 0.15) is 6.67 Å². The average Bonchev–Trinajstić information content (AvgIpc) is 2.40. The number of anilines is 1. The Labute approximate surface area is 113 Å². The van der Waals surface area contributed by atoms with Crippen LogP contribution in [-0.2, 0) is 4.79 Å². The number of carbonyl (C=O) groups excluding carboxylic acids is 1. The molecule has 0 saturated heterocycles. The largest absolute Gasteiger partial charge is 0.288 e. The molecular weight excluding hydrogens is 272 g/mol. The summed E-state index contributed by atoms with van der Waals surface area (Å²) in [6.07, 6.45) is 3.35. The summed E-state index contributed by atoms with van der Waals surface area (Å²) >= 11 is 7.49. The number of para-hydroxylation sites is 1. The van der Waals surface area contributed by atoms with Crippen molar-refractivity contribution < 1.29 is 4.79 Å². The summed E-state index contributed by atoms with van der Waals surface area (Å²) in [5.74, 6) is 0.248. The molecule has 0 radical (unpaired) electrons. The zero-order valence-electron chi connectivity index (χ0n) is 9.50. The van der Waals surface area contributed by atoms with Crippen LogP contribution in [0.25, 0.3) is 0 Å². The third-order valence-electron chi connectivity index (χ3n) is 2.26. The average molecular weight is 281 g/mol. The van der Waals surface area contributed by atoms with Crippen LogP contribution in [0.5, 0.6) is 0 Å². The van der Waals surface area contributed by atoms with Crippen LogP contribution in [0.1, 0.15) is 0 Å². The minimum absolute atomic E-state index is 0.248. The first kappa shape index (κ1) is 12.8. The molecule has 1 aliphatic heterocycles. The minimum Gasteiger partial charge on any atom is -0.288 e. The molecule has 0 atom stereocenters. The van der Waals surface area contributed by atoms with Crippen molar-refractivity contribution in [3.63, 3.8) is 0 Å². The normalized spacial score (nSPS) is 14.7. The van der Waals surface area contributed by atoms with Gasteiger partial charge in [-0.1, -0.05) is 35.5 Å². The SMILES string of the molecule is CSC1=NCN(c2ccccc2Cl)C(N=C=O)=N1. The number of nitrogens with zero attached hydrogens (tertiary/aromatic N) is 4. The number of benzene rings is 1. The fourth-order valence-corrected chi connectivity index (χ4v) is 2.06. The Hall–Kier alpha value is -1.62. The molecule has 0 amide bonds. The van der Waals surface area contributed by atoms with Crippen LogP contribution in [0, 0.1) is 0 Å². The summed E-state index contributed by atoms with van der Waals surface area (Å²) in [7, 11) is 0. The molecule has 7 heteroatoms. The van der Waals surface area contributed by atoms with Gasteiger partial charge in [-0.2, -0.15) is 4.99 Å². The van der Waals surface area contributed by atoms with E-state index in [1.54, 1.807) is 11.0 Å². The third kappa shape index (κ3) is 2.61. The summed E-state index contributed by atoms with van der Waals surface area (Å²) in [5, 5.41) is 1.13. The highest BCUT2D eigenvalue weighted by Gasteiger charge is 2.20. The first-order chi connectivity index (χ1) is 8.76. The van der Waals surface area contributed by atoms with Gasteiger partial charge in [-0.25, -0.2) is 9.79 Å². The van der Waals surface area contributed by atoms with Crippen molar-refractivity contribution in [1.82, 2.24) is 0 Å². The molecule has 18 heavy (non-hydrogen) atoms. The first-order valence-electron chi connectivity index (χ1n) is 5.03. The maximum Gasteiger partial charge on any atom is 0.245 e. The van der Waals surface area contributed by atoms with Gasteiger partial charge in [-0.3, -0.25) is 4.90 Å². The van der Waals surface area contributed by atoms with Crippen molar-refractivity contribution in [3.8, 4) is 0 Å². The van der Waals surface area contributed by atoms with Crippen LogP contribution in [0.15, 0.2) is 39.2 Å². The standard InChI is InChI=1S/C11H9ClN4OS/c1-18-11-13-6-16(10(15-11)14-7-17)9-5-3-2-4-8(9)12/h2-5H,6H2,1H3. The fraction of sp³-hybridized carbons (Fsp3) is 0.182. The van der Waals surface area contributed by atoms with E-state index >= 15 is 0 Å². The second kappa shape index (κ2) is 5.82. The molecule has 0 unspecified atom stereocenters. The number of guanidine groups is 1. The Balaban J connectivity index is 2.41. The molecule has 0 bridgehead atoms. The van der Waals surface area contributed by atoms with Gasteiger partial charge in [0.25, 0.3) is 0 Å². The highest BCUT2D eigenvalue weighted by atomic mass is 35.5. The van der Waals surface area contributed by atoms with Gasteiger partial charge in [0.05, 0.1) is 10.7 Å². The predicted molar refractivity (Wildman–Crippen MR) is 75.3 cm³/mol. The molecule has 1 heterocycles. The number of isocyanates is 1. The predicted octanol–water partition coefficient (Wildman–Crippen LogP) is 2.53. The van der Waals surface area contributed by atoms with E-state index in [2.05, 4.69) is 15.0 Å². The lowest BCUT2D eigenvalue weighted by atomic mass is 10.3. The molecule has 1 aliphatic rings. The molecule has 2 rings (SSSR count).